The molecule has 0 aromatic heterocycles. The summed E-state index contributed by atoms with van der Waals surface area (Å²) in [6.07, 6.45) is 0.603. The predicted molar refractivity (Wildman–Crippen MR) is 103 cm³/mol. The van der Waals surface area contributed by atoms with Crippen LogP contribution >= 0.6 is 0 Å². The van der Waals surface area contributed by atoms with Gasteiger partial charge in [0.15, 0.2) is 0 Å². The summed E-state index contributed by atoms with van der Waals surface area (Å²) in [5, 5.41) is 3.55. The number of hydrogen-bond donors (Lipinski definition) is 1. The molecule has 3 aromatic carbocycles. The Morgan fingerprint density at radius 2 is 1.27 bits per heavy atom. The molecule has 0 aliphatic carbocycles. The Hall–Kier alpha value is -2.91. The molecular weight excluding hydrogens is 320 g/mol. The lowest BCUT2D eigenvalue weighted by Crippen LogP contribution is -2.32. The summed E-state index contributed by atoms with van der Waals surface area (Å²) < 4.78 is 0. The van der Waals surface area contributed by atoms with Crippen molar-refractivity contribution in [3.05, 3.63) is 108 Å². The SMILES string of the molecule is O=C1[C@H](Cc2ccccc2)N[C@@H](c2ccccc2)N1Cc1ccccc1. The molecule has 3 aromatic rings. The molecular formula is C23H22N2O. The van der Waals surface area contributed by atoms with E-state index in [1.165, 1.54) is 5.56 Å². The van der Waals surface area contributed by atoms with Gasteiger partial charge in [0, 0.05) is 6.54 Å². The number of nitrogens with zero attached hydrogens (tertiary/aromatic N) is 1. The molecule has 0 bridgehead atoms. The van der Waals surface area contributed by atoms with Gasteiger partial charge in [-0.15, -0.1) is 0 Å². The molecule has 1 saturated heterocycles. The lowest BCUT2D eigenvalue weighted by Gasteiger charge is -2.24. The molecule has 0 saturated carbocycles. The van der Waals surface area contributed by atoms with E-state index in [-0.39, 0.29) is 18.1 Å². The van der Waals surface area contributed by atoms with Crippen molar-refractivity contribution in [3.63, 3.8) is 0 Å². The third-order valence-corrected chi connectivity index (χ3v) is 4.85. The molecule has 26 heavy (non-hydrogen) atoms. The van der Waals surface area contributed by atoms with Gasteiger partial charge in [0.2, 0.25) is 5.91 Å². The van der Waals surface area contributed by atoms with Gasteiger partial charge in [-0.25, -0.2) is 0 Å². The van der Waals surface area contributed by atoms with Gasteiger partial charge < -0.3 is 4.90 Å². The first-order valence-corrected chi connectivity index (χ1v) is 9.00. The molecule has 1 heterocycles. The molecule has 0 spiro atoms. The van der Waals surface area contributed by atoms with Crippen LogP contribution < -0.4 is 5.32 Å². The molecule has 0 radical (unpaired) electrons. The Kier molecular flexibility index (Phi) is 4.80. The lowest BCUT2D eigenvalue weighted by molar-refractivity contribution is -0.130. The van der Waals surface area contributed by atoms with Crippen molar-refractivity contribution in [2.45, 2.75) is 25.2 Å². The van der Waals surface area contributed by atoms with E-state index in [2.05, 4.69) is 41.7 Å². The highest BCUT2D eigenvalue weighted by molar-refractivity contribution is 5.85. The Labute approximate surface area is 154 Å². The minimum Gasteiger partial charge on any atom is -0.317 e. The van der Waals surface area contributed by atoms with E-state index >= 15 is 0 Å². The molecule has 0 unspecified atom stereocenters. The zero-order valence-electron chi connectivity index (χ0n) is 14.6. The van der Waals surface area contributed by atoms with Crippen LogP contribution in [0, 0.1) is 0 Å². The lowest BCUT2D eigenvalue weighted by atomic mass is 10.1. The number of amides is 1. The quantitative estimate of drug-likeness (QED) is 0.762. The van der Waals surface area contributed by atoms with Crippen molar-refractivity contribution < 1.29 is 4.79 Å². The maximum Gasteiger partial charge on any atom is 0.241 e. The second-order valence-electron chi connectivity index (χ2n) is 6.67. The molecule has 1 fully saturated rings. The van der Waals surface area contributed by atoms with Crippen LogP contribution in [0.4, 0.5) is 0 Å². The number of carbonyl (C=O) groups excluding carboxylic acids is 1. The fraction of sp³-hybridized carbons (Fsp3) is 0.174. The van der Waals surface area contributed by atoms with Gasteiger partial charge in [-0.1, -0.05) is 91.0 Å². The smallest absolute Gasteiger partial charge is 0.241 e. The van der Waals surface area contributed by atoms with Gasteiger partial charge in [-0.3, -0.25) is 10.1 Å². The largest absolute Gasteiger partial charge is 0.317 e. The van der Waals surface area contributed by atoms with E-state index in [1.807, 2.05) is 59.5 Å². The molecule has 2 atom stereocenters. The van der Waals surface area contributed by atoms with E-state index in [0.717, 1.165) is 11.1 Å². The third kappa shape index (κ3) is 3.53. The Bertz CT molecular complexity index is 849. The fourth-order valence-corrected chi connectivity index (χ4v) is 3.54. The Morgan fingerprint density at radius 3 is 1.88 bits per heavy atom. The van der Waals surface area contributed by atoms with Crippen LogP contribution in [0.15, 0.2) is 91.0 Å². The molecule has 1 aliphatic heterocycles. The second kappa shape index (κ2) is 7.54. The summed E-state index contributed by atoms with van der Waals surface area (Å²) in [6.45, 7) is 0.609. The number of nitrogens with one attached hydrogen (secondary N) is 1. The highest BCUT2D eigenvalue weighted by Crippen LogP contribution is 2.28. The number of benzene rings is 3. The van der Waals surface area contributed by atoms with Crippen LogP contribution in [0.5, 0.6) is 0 Å². The van der Waals surface area contributed by atoms with Crippen LogP contribution in [-0.4, -0.2) is 16.8 Å². The number of hydrogen-bond acceptors (Lipinski definition) is 2. The van der Waals surface area contributed by atoms with E-state index in [9.17, 15) is 4.79 Å². The zero-order valence-corrected chi connectivity index (χ0v) is 14.6. The van der Waals surface area contributed by atoms with Gasteiger partial charge in [0.05, 0.1) is 6.04 Å². The topological polar surface area (TPSA) is 32.3 Å². The molecule has 4 rings (SSSR count). The third-order valence-electron chi connectivity index (χ3n) is 4.85. The van der Waals surface area contributed by atoms with E-state index in [4.69, 9.17) is 0 Å². The van der Waals surface area contributed by atoms with E-state index < -0.39 is 0 Å². The Morgan fingerprint density at radius 1 is 0.731 bits per heavy atom. The minimum atomic E-state index is -0.202. The first kappa shape index (κ1) is 16.6. The summed E-state index contributed by atoms with van der Waals surface area (Å²) in [5.74, 6) is 0.159. The zero-order chi connectivity index (χ0) is 17.8. The average Bonchev–Trinajstić information content (AvgIpc) is 3.00. The molecule has 1 aliphatic rings. The van der Waals surface area contributed by atoms with Crippen molar-refractivity contribution in [2.24, 2.45) is 0 Å². The molecule has 3 nitrogen and oxygen atoms in total. The van der Waals surface area contributed by atoms with Crippen LogP contribution in [-0.2, 0) is 17.8 Å². The minimum absolute atomic E-state index is 0.0994. The highest BCUT2D eigenvalue weighted by Gasteiger charge is 2.39. The normalized spacial score (nSPS) is 19.7. The average molecular weight is 342 g/mol. The summed E-state index contributed by atoms with van der Waals surface area (Å²) in [5.41, 5.74) is 3.43. The van der Waals surface area contributed by atoms with Gasteiger partial charge in [-0.2, -0.15) is 0 Å². The van der Waals surface area contributed by atoms with Crippen molar-refractivity contribution in [2.75, 3.05) is 0 Å². The van der Waals surface area contributed by atoms with Gasteiger partial charge in [0.1, 0.15) is 6.17 Å². The monoisotopic (exact) mass is 342 g/mol. The van der Waals surface area contributed by atoms with Crippen molar-refractivity contribution >= 4 is 5.91 Å². The summed E-state index contributed by atoms with van der Waals surface area (Å²) >= 11 is 0. The summed E-state index contributed by atoms with van der Waals surface area (Å²) in [6, 6.07) is 30.4. The Balaban J connectivity index is 1.61. The first-order chi connectivity index (χ1) is 12.8. The molecule has 1 N–H and O–H groups in total. The fourth-order valence-electron chi connectivity index (χ4n) is 3.54. The maximum atomic E-state index is 13.2. The van der Waals surface area contributed by atoms with Crippen molar-refractivity contribution in [1.29, 1.82) is 0 Å². The van der Waals surface area contributed by atoms with Gasteiger partial charge in [-0.05, 0) is 23.1 Å². The van der Waals surface area contributed by atoms with Gasteiger partial charge in [0.25, 0.3) is 0 Å². The summed E-state index contributed by atoms with van der Waals surface area (Å²) in [4.78, 5) is 15.1. The van der Waals surface area contributed by atoms with Gasteiger partial charge >= 0.3 is 0 Å². The molecule has 130 valence electrons. The van der Waals surface area contributed by atoms with E-state index in [0.29, 0.717) is 13.0 Å². The first-order valence-electron chi connectivity index (χ1n) is 9.00. The predicted octanol–water partition coefficient (Wildman–Crippen LogP) is 3.93. The van der Waals surface area contributed by atoms with Crippen LogP contribution in [0.1, 0.15) is 22.9 Å². The number of rotatable bonds is 5. The summed E-state index contributed by atoms with van der Waals surface area (Å²) in [7, 11) is 0. The molecule has 3 heteroatoms. The van der Waals surface area contributed by atoms with Crippen LogP contribution in [0.25, 0.3) is 0 Å². The maximum absolute atomic E-state index is 13.2. The van der Waals surface area contributed by atoms with E-state index in [1.54, 1.807) is 0 Å². The van der Waals surface area contributed by atoms with Crippen molar-refractivity contribution in [1.82, 2.24) is 10.2 Å². The van der Waals surface area contributed by atoms with Crippen molar-refractivity contribution in [3.8, 4) is 0 Å². The second-order valence-corrected chi connectivity index (χ2v) is 6.67. The standard InChI is InChI=1S/C23H22N2O/c26-23-21(16-18-10-4-1-5-11-18)24-22(20-14-8-3-9-15-20)25(23)17-19-12-6-2-7-13-19/h1-15,21-22,24H,16-17H2/t21-,22+/m0/s1. The van der Waals surface area contributed by atoms with Crippen LogP contribution in [0.3, 0.4) is 0 Å². The molecule has 1 amide bonds. The van der Waals surface area contributed by atoms with Crippen LogP contribution in [0.2, 0.25) is 0 Å². The highest BCUT2D eigenvalue weighted by atomic mass is 16.2. The number of carbonyl (C=O) groups is 1.